The minimum Gasteiger partial charge on any atom is -0.477 e. The van der Waals surface area contributed by atoms with Crippen LogP contribution in [0.15, 0.2) is 284 Å². The average Bonchev–Trinajstić information content (AvgIpc) is 0.896. The largest absolute Gasteiger partial charge is 0.477 e. The molecule has 644 valence electrons. The van der Waals surface area contributed by atoms with Crippen LogP contribution in [-0.2, 0) is 11.3 Å². The Morgan fingerprint density at radius 1 is 0.508 bits per heavy atom. The maximum absolute atomic E-state index is 14.3. The number of para-hydroxylation sites is 4. The lowest BCUT2D eigenvalue weighted by molar-refractivity contribution is -0.387. The number of nitro benzene ring substituents is 2. The van der Waals surface area contributed by atoms with Gasteiger partial charge in [-0.05, 0) is 205 Å². The highest BCUT2D eigenvalue weighted by molar-refractivity contribution is 9.10. The number of rotatable bonds is 23. The molecule has 0 saturated heterocycles. The third-order valence-corrected chi connectivity index (χ3v) is 21.8. The SMILES string of the molecule is CC(C)(C)P(c1ccccc1-c1ccccc1)C(C)(C)C.CCCN(c1ccccc1)c1cccc(N)c1F.CCCN(c1ccccc1)c1cccc(N)c1F.CCCN(c1ccccc1)c1cccc([N+](=O)[O-])c1F.CCCNc1ccccc1.Cc1cc(C(=O)O)n(-c2cccc(CNC(=O)OC(C)(C)C)c2)n1.O=[N+]([O-])c1cccc(Br)c1F. The normalized spacial score (nSPS) is 10.8. The topological polar surface area (TPSA) is 254 Å². The quantitative estimate of drug-likeness (QED) is 0.0131. The van der Waals surface area contributed by atoms with Gasteiger partial charge in [0.1, 0.15) is 5.60 Å². The van der Waals surface area contributed by atoms with Crippen molar-refractivity contribution in [3.63, 3.8) is 0 Å². The number of carbonyl (C=O) groups excluding carboxylic acids is 1. The predicted octanol–water partition coefficient (Wildman–Crippen LogP) is 26.2. The summed E-state index contributed by atoms with van der Waals surface area (Å²) in [6.45, 7) is 33.1. The van der Waals surface area contributed by atoms with Crippen LogP contribution in [0.3, 0.4) is 0 Å². The van der Waals surface area contributed by atoms with Crippen LogP contribution in [0.5, 0.6) is 0 Å². The summed E-state index contributed by atoms with van der Waals surface area (Å²) in [5.74, 6) is -3.38. The van der Waals surface area contributed by atoms with Crippen LogP contribution in [0.2, 0.25) is 0 Å². The van der Waals surface area contributed by atoms with Crippen molar-refractivity contribution in [2.45, 2.75) is 145 Å². The maximum atomic E-state index is 14.3. The smallest absolute Gasteiger partial charge is 0.407 e. The van der Waals surface area contributed by atoms with Crippen LogP contribution in [0.25, 0.3) is 16.8 Å². The van der Waals surface area contributed by atoms with E-state index in [1.54, 1.807) is 93.3 Å². The average molecular weight is 1750 g/mol. The second kappa shape index (κ2) is 48.7. The van der Waals surface area contributed by atoms with Crippen molar-refractivity contribution in [3.8, 4) is 16.8 Å². The first-order valence-electron chi connectivity index (χ1n) is 40.2. The molecule has 1 amide bonds. The number of nitrogens with one attached hydrogen (secondary N) is 2. The van der Waals surface area contributed by atoms with Crippen LogP contribution in [0.4, 0.5) is 84.9 Å². The molecule has 0 bridgehead atoms. The summed E-state index contributed by atoms with van der Waals surface area (Å²) in [4.78, 5) is 48.2. The van der Waals surface area contributed by atoms with E-state index in [4.69, 9.17) is 16.2 Å². The van der Waals surface area contributed by atoms with Gasteiger partial charge >= 0.3 is 23.4 Å². The van der Waals surface area contributed by atoms with Gasteiger partial charge in [0.05, 0.1) is 54.1 Å². The van der Waals surface area contributed by atoms with E-state index in [-0.39, 0.29) is 53.3 Å². The van der Waals surface area contributed by atoms with E-state index in [0.717, 1.165) is 67.6 Å². The monoisotopic (exact) mass is 1750 g/mol. The number of carboxylic acid groups (broad SMARTS) is 1. The van der Waals surface area contributed by atoms with E-state index in [1.165, 1.54) is 63.6 Å². The van der Waals surface area contributed by atoms with E-state index >= 15 is 0 Å². The molecule has 0 atom stereocenters. The molecule has 0 aliphatic carbocycles. The summed E-state index contributed by atoms with van der Waals surface area (Å²) < 4.78 is 61.9. The molecule has 19 nitrogen and oxygen atoms in total. The molecule has 122 heavy (non-hydrogen) atoms. The van der Waals surface area contributed by atoms with Gasteiger partial charge in [0, 0.05) is 67.6 Å². The Hall–Kier alpha value is -12.4. The van der Waals surface area contributed by atoms with Crippen LogP contribution < -0.4 is 42.1 Å². The molecule has 1 aromatic heterocycles. The number of halogens is 5. The molecule has 12 rings (SSSR count). The van der Waals surface area contributed by atoms with Crippen molar-refractivity contribution >= 4 is 104 Å². The van der Waals surface area contributed by atoms with Gasteiger partial charge < -0.3 is 46.6 Å². The first kappa shape index (κ1) is 98.4. The first-order valence-corrected chi connectivity index (χ1v) is 42.4. The van der Waals surface area contributed by atoms with Crippen molar-refractivity contribution in [3.05, 3.63) is 344 Å². The number of nitrogen functional groups attached to an aromatic ring is 2. The van der Waals surface area contributed by atoms with E-state index in [1.807, 2.05) is 132 Å². The van der Waals surface area contributed by atoms with E-state index < -0.39 is 50.5 Å². The fourth-order valence-electron chi connectivity index (χ4n) is 12.9. The molecule has 0 unspecified atom stereocenters. The number of benzene rings is 11. The van der Waals surface area contributed by atoms with Crippen molar-refractivity contribution in [1.82, 2.24) is 15.1 Å². The van der Waals surface area contributed by atoms with E-state index in [2.05, 4.69) is 161 Å². The molecular formula is C97H113BrF4N11O8P. The fourth-order valence-corrected chi connectivity index (χ4v) is 17.4. The number of aryl methyl sites for hydroxylation is 1. The van der Waals surface area contributed by atoms with Gasteiger partial charge in [0.15, 0.2) is 17.3 Å². The van der Waals surface area contributed by atoms with Crippen molar-refractivity contribution in [2.24, 2.45) is 0 Å². The number of hydrogen-bond donors (Lipinski definition) is 5. The van der Waals surface area contributed by atoms with Gasteiger partial charge in [-0.15, -0.1) is 0 Å². The summed E-state index contributed by atoms with van der Waals surface area (Å²) in [6, 6.07) is 85.9. The zero-order valence-corrected chi connectivity index (χ0v) is 74.3. The van der Waals surface area contributed by atoms with Crippen LogP contribution in [0, 0.1) is 50.4 Å². The molecule has 1 heterocycles. The van der Waals surface area contributed by atoms with E-state index in [9.17, 15) is 52.5 Å². The number of nitrogens with two attached hydrogens (primary N) is 2. The second-order valence-electron chi connectivity index (χ2n) is 30.8. The summed E-state index contributed by atoms with van der Waals surface area (Å²) in [5, 5.41) is 42.5. The van der Waals surface area contributed by atoms with Crippen molar-refractivity contribution in [1.29, 1.82) is 0 Å². The number of amides is 1. The zero-order valence-electron chi connectivity index (χ0n) is 71.8. The molecule has 0 aliphatic heterocycles. The molecule has 12 aromatic rings. The molecule has 0 aliphatic rings. The highest BCUT2D eigenvalue weighted by Crippen LogP contribution is 2.59. The molecule has 0 saturated carbocycles. The number of ether oxygens (including phenoxy) is 1. The number of carboxylic acids is 1. The Morgan fingerprint density at radius 3 is 1.33 bits per heavy atom. The lowest BCUT2D eigenvalue weighted by atomic mass is 10.1. The second-order valence-corrected chi connectivity index (χ2v) is 35.5. The molecule has 7 N–H and O–H groups in total. The first-order chi connectivity index (χ1) is 58.0. The van der Waals surface area contributed by atoms with E-state index in [0.29, 0.717) is 39.6 Å². The lowest BCUT2D eigenvalue weighted by Gasteiger charge is -2.42. The van der Waals surface area contributed by atoms with Crippen molar-refractivity contribution in [2.75, 3.05) is 57.7 Å². The fraction of sp³-hybridized carbons (Fsp3) is 0.268. The third-order valence-electron chi connectivity index (χ3n) is 17.7. The number of hydrogen-bond acceptors (Lipinski definition) is 14. The van der Waals surface area contributed by atoms with Gasteiger partial charge in [-0.1, -0.05) is 241 Å². The number of anilines is 9. The van der Waals surface area contributed by atoms with Crippen LogP contribution in [-0.4, -0.2) is 78.9 Å². The van der Waals surface area contributed by atoms with Gasteiger partial charge in [-0.25, -0.2) is 23.1 Å². The van der Waals surface area contributed by atoms with Gasteiger partial charge in [-0.3, -0.25) is 20.2 Å². The summed E-state index contributed by atoms with van der Waals surface area (Å²) in [7, 11) is -0.282. The Kier molecular flexibility index (Phi) is 39.3. The van der Waals surface area contributed by atoms with Crippen molar-refractivity contribution < 1.29 is 46.8 Å². The third kappa shape index (κ3) is 30.7. The molecule has 11 aromatic carbocycles. The number of aromatic carboxylic acids is 1. The number of carbonyl (C=O) groups is 2. The summed E-state index contributed by atoms with van der Waals surface area (Å²) >= 11 is 2.83. The van der Waals surface area contributed by atoms with Gasteiger partial charge in [-0.2, -0.15) is 13.9 Å². The molecule has 0 radical (unpaired) electrons. The number of aromatic nitrogens is 2. The molecule has 0 fully saturated rings. The molecule has 25 heteroatoms. The standard InChI is InChI=1S/C20H27P.C17H21N3O4.C15H15FN2O2.2C15H17FN2.C9H13N.C6H3BrFNO2/c1-19(2,3)21(20(4,5)6)18-15-11-10-14-17(18)16-12-8-7-9-13-16;1-11-8-14(15(21)22)20(19-11)13-7-5-6-12(9-13)10-18-16(23)24-17(2,3)4;1-2-11-17(12-7-4-3-5-8-12)13-9-6-10-14(15(13)16)18(19)20;2*1-2-11-18(12-7-4-3-5-8-12)14-10-6-9-13(17)15(14)16;1-2-8-10-9-6-4-3-5-7-9;7-4-2-1-3-5(6(4)8)9(10)11/h7-15H,1-6H3;5-9H,10H2,1-4H3,(H,18,23)(H,21,22);3-10H,2,11H2,1H3;2*3-10H,2,11,17H2,1H3;3-7,10H,2,8H2,1H3;1-3H. The minimum atomic E-state index is -1.05. The van der Waals surface area contributed by atoms with Gasteiger partial charge in [0.2, 0.25) is 11.6 Å². The van der Waals surface area contributed by atoms with Gasteiger partial charge in [0.25, 0.3) is 0 Å². The summed E-state index contributed by atoms with van der Waals surface area (Å²) in [5.41, 5.74) is 20.2. The number of nitro groups is 2. The Labute approximate surface area is 725 Å². The highest BCUT2D eigenvalue weighted by Gasteiger charge is 2.37. The zero-order chi connectivity index (χ0) is 89.7. The molecular weight excluding hydrogens is 1630 g/mol. The van der Waals surface area contributed by atoms with Crippen LogP contribution >= 0.6 is 23.9 Å². The number of alkyl carbamates (subject to hydrolysis) is 1. The lowest BCUT2D eigenvalue weighted by Crippen LogP contribution is -2.32. The summed E-state index contributed by atoms with van der Waals surface area (Å²) in [6.07, 6.45) is 3.34. The Balaban J connectivity index is 0.000000224. The Bertz CT molecular complexity index is 5130. The maximum Gasteiger partial charge on any atom is 0.407 e. The van der Waals surface area contributed by atoms with Crippen LogP contribution in [0.1, 0.15) is 137 Å². The predicted molar refractivity (Wildman–Crippen MR) is 498 cm³/mol. The Morgan fingerprint density at radius 2 is 0.910 bits per heavy atom. The highest BCUT2D eigenvalue weighted by atomic mass is 79.9. The number of nitrogens with zero attached hydrogens (tertiary/aromatic N) is 7. The molecule has 0 spiro atoms. The minimum absolute atomic E-state index is 0.0877.